The molecule has 1 aliphatic heterocycles. The molecule has 0 saturated carbocycles. The molecule has 2 heterocycles. The molecule has 1 fully saturated rings. The van der Waals surface area contributed by atoms with Gasteiger partial charge in [-0.1, -0.05) is 5.16 Å². The normalized spacial score (nSPS) is 15.4. The van der Waals surface area contributed by atoms with Gasteiger partial charge in [0.2, 0.25) is 0 Å². The van der Waals surface area contributed by atoms with Crippen molar-refractivity contribution in [1.82, 2.24) is 5.16 Å². The lowest BCUT2D eigenvalue weighted by Gasteiger charge is -2.30. The molecule has 1 aliphatic rings. The van der Waals surface area contributed by atoms with Gasteiger partial charge in [-0.05, 0) is 26.2 Å². The zero-order valence-electron chi connectivity index (χ0n) is 13.6. The first-order valence-corrected chi connectivity index (χ1v) is 9.26. The third-order valence-corrected chi connectivity index (χ3v) is 5.60. The fourth-order valence-corrected chi connectivity index (χ4v) is 4.20. The second-order valence-electron chi connectivity index (χ2n) is 5.89. The van der Waals surface area contributed by atoms with Gasteiger partial charge in [-0.2, -0.15) is 0 Å². The topological polar surface area (TPSA) is 101 Å². The molecule has 7 nitrogen and oxygen atoms in total. The van der Waals surface area contributed by atoms with Crippen LogP contribution in [0, 0.1) is 18.6 Å². The Balaban J connectivity index is 2.03. The van der Waals surface area contributed by atoms with Gasteiger partial charge in [0.25, 0.3) is 10.0 Å². The fraction of sp³-hybridized carbons (Fsp3) is 0.400. The maximum Gasteiger partial charge on any atom is 0.269 e. The number of aromatic nitrogens is 1. The monoisotopic (exact) mass is 372 g/mol. The molecule has 10 heteroatoms. The summed E-state index contributed by atoms with van der Waals surface area (Å²) < 4.78 is 59.7. The van der Waals surface area contributed by atoms with Gasteiger partial charge in [-0.25, -0.2) is 17.2 Å². The van der Waals surface area contributed by atoms with E-state index >= 15 is 0 Å². The highest BCUT2D eigenvalue weighted by Gasteiger charge is 2.27. The largest absolute Gasteiger partial charge is 0.380 e. The van der Waals surface area contributed by atoms with Crippen LogP contribution < -0.4 is 15.4 Å². The Kier molecular flexibility index (Phi) is 4.55. The van der Waals surface area contributed by atoms with Crippen LogP contribution in [0.15, 0.2) is 21.6 Å². The van der Waals surface area contributed by atoms with E-state index in [2.05, 4.69) is 9.88 Å². The van der Waals surface area contributed by atoms with E-state index < -0.39 is 21.7 Å². The molecule has 25 heavy (non-hydrogen) atoms. The summed E-state index contributed by atoms with van der Waals surface area (Å²) >= 11 is 0. The number of sulfonamides is 1. The number of nitrogens with two attached hydrogens (primary N) is 1. The van der Waals surface area contributed by atoms with Crippen LogP contribution >= 0.6 is 0 Å². The van der Waals surface area contributed by atoms with Crippen molar-refractivity contribution in [3.8, 4) is 0 Å². The Morgan fingerprint density at radius 2 is 1.84 bits per heavy atom. The zero-order chi connectivity index (χ0) is 18.2. The Morgan fingerprint density at radius 3 is 2.44 bits per heavy atom. The van der Waals surface area contributed by atoms with Crippen molar-refractivity contribution in [2.45, 2.75) is 31.1 Å². The standard InChI is InChI=1S/C15H18F2N4O3S/c1-9-14(15(18)19-24-9)25(22,23)20-12-7-10(16)11(17)8-13(12)21-5-3-2-4-6-21/h7-8,20H,2-6H2,1H3,(H2,18,19). The summed E-state index contributed by atoms with van der Waals surface area (Å²) in [5.74, 6) is -2.48. The Labute approximate surface area is 143 Å². The van der Waals surface area contributed by atoms with Gasteiger partial charge < -0.3 is 15.2 Å². The minimum absolute atomic E-state index is 0.00658. The lowest BCUT2D eigenvalue weighted by Crippen LogP contribution is -2.30. The number of anilines is 3. The molecule has 136 valence electrons. The smallest absolute Gasteiger partial charge is 0.269 e. The quantitative estimate of drug-likeness (QED) is 0.856. The first-order chi connectivity index (χ1) is 11.8. The van der Waals surface area contributed by atoms with Gasteiger partial charge in [-0.15, -0.1) is 0 Å². The van der Waals surface area contributed by atoms with E-state index in [0.29, 0.717) is 13.1 Å². The molecular weight excluding hydrogens is 354 g/mol. The first kappa shape index (κ1) is 17.5. The number of piperidine rings is 1. The summed E-state index contributed by atoms with van der Waals surface area (Å²) in [5, 5.41) is 3.41. The Bertz CT molecular complexity index is 873. The summed E-state index contributed by atoms with van der Waals surface area (Å²) in [6.45, 7) is 2.66. The van der Waals surface area contributed by atoms with E-state index in [9.17, 15) is 17.2 Å². The number of nitrogens with zero attached hydrogens (tertiary/aromatic N) is 2. The zero-order valence-corrected chi connectivity index (χ0v) is 14.4. The van der Waals surface area contributed by atoms with E-state index in [1.54, 1.807) is 0 Å². The van der Waals surface area contributed by atoms with Gasteiger partial charge in [0.05, 0.1) is 11.4 Å². The average molecular weight is 372 g/mol. The molecule has 0 radical (unpaired) electrons. The van der Waals surface area contributed by atoms with Gasteiger partial charge in [-0.3, -0.25) is 4.72 Å². The van der Waals surface area contributed by atoms with E-state index in [1.807, 2.05) is 4.90 Å². The van der Waals surface area contributed by atoms with Gasteiger partial charge in [0, 0.05) is 25.2 Å². The number of rotatable bonds is 4. The minimum atomic E-state index is -4.17. The number of hydrogen-bond acceptors (Lipinski definition) is 6. The van der Waals surface area contributed by atoms with Gasteiger partial charge in [0.15, 0.2) is 28.1 Å². The molecule has 0 amide bonds. The lowest BCUT2D eigenvalue weighted by molar-refractivity contribution is 0.396. The van der Waals surface area contributed by atoms with Crippen LogP contribution in [0.4, 0.5) is 26.0 Å². The predicted octanol–water partition coefficient (Wildman–Crippen LogP) is 2.63. The average Bonchev–Trinajstić information content (AvgIpc) is 2.91. The predicted molar refractivity (Wildman–Crippen MR) is 88.9 cm³/mol. The molecule has 0 spiro atoms. The number of hydrogen-bond donors (Lipinski definition) is 2. The highest BCUT2D eigenvalue weighted by Crippen LogP contribution is 2.33. The van der Waals surface area contributed by atoms with Crippen LogP contribution in [0.1, 0.15) is 25.0 Å². The maximum atomic E-state index is 13.7. The third kappa shape index (κ3) is 3.39. The highest BCUT2D eigenvalue weighted by atomic mass is 32.2. The molecule has 1 saturated heterocycles. The van der Waals surface area contributed by atoms with Crippen molar-refractivity contribution in [3.63, 3.8) is 0 Å². The molecule has 1 aromatic heterocycles. The molecule has 1 aromatic carbocycles. The van der Waals surface area contributed by atoms with Crippen molar-refractivity contribution >= 4 is 27.2 Å². The van der Waals surface area contributed by atoms with Crippen molar-refractivity contribution in [2.75, 3.05) is 28.4 Å². The summed E-state index contributed by atoms with van der Waals surface area (Å²) in [4.78, 5) is 1.51. The number of halogens is 2. The maximum absolute atomic E-state index is 13.7. The highest BCUT2D eigenvalue weighted by molar-refractivity contribution is 7.93. The minimum Gasteiger partial charge on any atom is -0.380 e. The van der Waals surface area contributed by atoms with Crippen LogP contribution in [-0.4, -0.2) is 26.7 Å². The molecule has 3 N–H and O–H groups in total. The van der Waals surface area contributed by atoms with Crippen molar-refractivity contribution < 1.29 is 21.7 Å². The van der Waals surface area contributed by atoms with Crippen LogP contribution in [0.3, 0.4) is 0 Å². The van der Waals surface area contributed by atoms with Gasteiger partial charge in [0.1, 0.15) is 0 Å². The van der Waals surface area contributed by atoms with Crippen LogP contribution in [0.2, 0.25) is 0 Å². The second kappa shape index (κ2) is 6.51. The summed E-state index contributed by atoms with van der Waals surface area (Å²) in [5.41, 5.74) is 5.78. The van der Waals surface area contributed by atoms with Crippen molar-refractivity contribution in [2.24, 2.45) is 0 Å². The molecule has 2 aromatic rings. The lowest BCUT2D eigenvalue weighted by atomic mass is 10.1. The first-order valence-electron chi connectivity index (χ1n) is 7.78. The van der Waals surface area contributed by atoms with Crippen molar-refractivity contribution in [3.05, 3.63) is 29.5 Å². The number of benzene rings is 1. The van der Waals surface area contributed by atoms with Crippen molar-refractivity contribution in [1.29, 1.82) is 0 Å². The van der Waals surface area contributed by atoms with Crippen LogP contribution in [0.5, 0.6) is 0 Å². The van der Waals surface area contributed by atoms with E-state index in [1.165, 1.54) is 6.92 Å². The molecule has 0 unspecified atom stereocenters. The number of aryl methyl sites for hydroxylation is 1. The summed E-state index contributed by atoms with van der Waals surface area (Å²) in [6, 6.07) is 1.83. The summed E-state index contributed by atoms with van der Waals surface area (Å²) in [7, 11) is -4.17. The van der Waals surface area contributed by atoms with E-state index in [4.69, 9.17) is 10.3 Å². The third-order valence-electron chi connectivity index (χ3n) is 4.08. The Hall–Kier alpha value is -2.36. The molecular formula is C15H18F2N4O3S. The van der Waals surface area contributed by atoms with Crippen LogP contribution in [0.25, 0.3) is 0 Å². The molecule has 0 bridgehead atoms. The molecule has 0 atom stereocenters. The Morgan fingerprint density at radius 1 is 1.20 bits per heavy atom. The SMILES string of the molecule is Cc1onc(N)c1S(=O)(=O)Nc1cc(F)c(F)cc1N1CCCCC1. The molecule has 3 rings (SSSR count). The van der Waals surface area contributed by atoms with E-state index in [0.717, 1.165) is 31.4 Å². The summed E-state index contributed by atoms with van der Waals surface area (Å²) in [6.07, 6.45) is 2.82. The second-order valence-corrected chi connectivity index (χ2v) is 7.51. The number of nitrogen functional groups attached to an aromatic ring is 1. The molecule has 0 aliphatic carbocycles. The van der Waals surface area contributed by atoms with Crippen LogP contribution in [-0.2, 0) is 10.0 Å². The van der Waals surface area contributed by atoms with Gasteiger partial charge >= 0.3 is 0 Å². The van der Waals surface area contributed by atoms with E-state index in [-0.39, 0.29) is 27.8 Å². The fourth-order valence-electron chi connectivity index (χ4n) is 2.92. The number of nitrogens with one attached hydrogen (secondary N) is 1.